The topological polar surface area (TPSA) is 88.0 Å². The summed E-state index contributed by atoms with van der Waals surface area (Å²) in [5.74, 6) is -0.0533. The van der Waals surface area contributed by atoms with Crippen LogP contribution in [0.2, 0.25) is 0 Å². The van der Waals surface area contributed by atoms with Crippen LogP contribution in [0, 0.1) is 13.8 Å². The van der Waals surface area contributed by atoms with Crippen LogP contribution in [0.5, 0.6) is 5.75 Å². The van der Waals surface area contributed by atoms with Crippen LogP contribution in [0.3, 0.4) is 0 Å². The number of methoxy groups -OCH3 is 1. The van der Waals surface area contributed by atoms with E-state index in [4.69, 9.17) is 9.47 Å². The number of aliphatic hydroxyl groups is 1. The maximum atomic E-state index is 11.4. The lowest BCUT2D eigenvalue weighted by molar-refractivity contribution is -0.00397. The summed E-state index contributed by atoms with van der Waals surface area (Å²) in [4.78, 5) is 11.4. The number of hydrogen-bond donors (Lipinski definition) is 3. The maximum absolute atomic E-state index is 11.4. The molecule has 0 spiro atoms. The summed E-state index contributed by atoms with van der Waals surface area (Å²) in [6.45, 7) is 10.6. The van der Waals surface area contributed by atoms with Gasteiger partial charge in [-0.2, -0.15) is 0 Å². The molecule has 0 saturated heterocycles. The Labute approximate surface area is 220 Å². The molecule has 0 saturated carbocycles. The molecule has 3 aromatic rings. The van der Waals surface area contributed by atoms with Gasteiger partial charge in [0, 0.05) is 12.1 Å². The van der Waals surface area contributed by atoms with Crippen LogP contribution < -0.4 is 10.1 Å². The second-order valence-corrected chi connectivity index (χ2v) is 10.3. The highest BCUT2D eigenvalue weighted by molar-refractivity contribution is 5.90. The van der Waals surface area contributed by atoms with Crippen molar-refractivity contribution in [2.75, 3.05) is 20.3 Å². The average molecular weight is 506 g/mol. The van der Waals surface area contributed by atoms with Crippen molar-refractivity contribution in [1.29, 1.82) is 0 Å². The number of hydrogen-bond acceptors (Lipinski definition) is 5. The molecule has 0 fully saturated rings. The minimum atomic E-state index is -0.932. The number of carbonyl (C=O) groups is 1. The van der Waals surface area contributed by atoms with Crippen LogP contribution in [0.15, 0.2) is 60.7 Å². The van der Waals surface area contributed by atoms with Gasteiger partial charge in [-0.15, -0.1) is 0 Å². The largest absolute Gasteiger partial charge is 0.496 e. The van der Waals surface area contributed by atoms with Gasteiger partial charge in [0.2, 0.25) is 0 Å². The fraction of sp³-hybridized carbons (Fsp3) is 0.387. The van der Waals surface area contributed by atoms with Crippen LogP contribution in [0.1, 0.15) is 59.5 Å². The van der Waals surface area contributed by atoms with Crippen LogP contribution in [-0.4, -0.2) is 48.1 Å². The quantitative estimate of drug-likeness (QED) is 0.292. The van der Waals surface area contributed by atoms with Gasteiger partial charge in [0.1, 0.15) is 5.75 Å². The molecule has 0 aliphatic carbocycles. The summed E-state index contributed by atoms with van der Waals surface area (Å²) in [5.41, 5.74) is 5.96. The molecule has 3 aromatic carbocycles. The van der Waals surface area contributed by atoms with E-state index in [1.54, 1.807) is 20.1 Å². The van der Waals surface area contributed by atoms with Gasteiger partial charge in [0.25, 0.3) is 0 Å². The van der Waals surface area contributed by atoms with E-state index >= 15 is 0 Å². The normalized spacial score (nSPS) is 13.3. The van der Waals surface area contributed by atoms with E-state index in [0.29, 0.717) is 17.7 Å². The molecule has 2 unspecified atom stereocenters. The van der Waals surface area contributed by atoms with Crippen molar-refractivity contribution in [3.63, 3.8) is 0 Å². The number of aromatic carboxylic acids is 1. The molecule has 0 heterocycles. The Morgan fingerprint density at radius 3 is 2.43 bits per heavy atom. The fourth-order valence-corrected chi connectivity index (χ4v) is 4.53. The lowest BCUT2D eigenvalue weighted by Gasteiger charge is -2.28. The van der Waals surface area contributed by atoms with E-state index < -0.39 is 12.1 Å². The highest BCUT2D eigenvalue weighted by Crippen LogP contribution is 2.31. The molecule has 0 radical (unpaired) electrons. The number of ether oxygens (including phenoxy) is 2. The number of β-amino-alcohol motifs (C(OH)–C–C–N with tert-alkyl or cyclic N) is 1. The predicted molar refractivity (Wildman–Crippen MR) is 147 cm³/mol. The Morgan fingerprint density at radius 1 is 1.03 bits per heavy atom. The van der Waals surface area contributed by atoms with E-state index in [0.717, 1.165) is 34.4 Å². The summed E-state index contributed by atoms with van der Waals surface area (Å²) >= 11 is 0. The number of nitrogens with one attached hydrogen (secondary N) is 1. The van der Waals surface area contributed by atoms with Crippen molar-refractivity contribution in [1.82, 2.24) is 5.32 Å². The minimum Gasteiger partial charge on any atom is -0.496 e. The highest BCUT2D eigenvalue weighted by atomic mass is 16.5. The van der Waals surface area contributed by atoms with Gasteiger partial charge < -0.3 is 25.0 Å². The lowest BCUT2D eigenvalue weighted by Crippen LogP contribution is -2.46. The first-order valence-electron chi connectivity index (χ1n) is 12.6. The molecule has 0 aliphatic heterocycles. The van der Waals surface area contributed by atoms with Crippen molar-refractivity contribution in [3.8, 4) is 16.9 Å². The Hall–Kier alpha value is -3.19. The van der Waals surface area contributed by atoms with Gasteiger partial charge in [-0.25, -0.2) is 4.79 Å². The first-order valence-corrected chi connectivity index (χ1v) is 12.6. The number of aliphatic hydroxyl groups excluding tert-OH is 1. The molecule has 2 atom stereocenters. The van der Waals surface area contributed by atoms with E-state index in [1.807, 2.05) is 50.2 Å². The average Bonchev–Trinajstić information content (AvgIpc) is 2.86. The summed E-state index contributed by atoms with van der Waals surface area (Å²) in [6, 6.07) is 19.5. The molecule has 0 aromatic heterocycles. The molecule has 6 nitrogen and oxygen atoms in total. The van der Waals surface area contributed by atoms with E-state index in [1.165, 1.54) is 5.56 Å². The Bertz CT molecular complexity index is 1220. The smallest absolute Gasteiger partial charge is 0.335 e. The van der Waals surface area contributed by atoms with Crippen LogP contribution in [-0.2, 0) is 11.2 Å². The van der Waals surface area contributed by atoms with Crippen LogP contribution in [0.25, 0.3) is 11.1 Å². The van der Waals surface area contributed by atoms with Gasteiger partial charge in [0.05, 0.1) is 31.5 Å². The summed E-state index contributed by atoms with van der Waals surface area (Å²) in [7, 11) is 1.68. The Balaban J connectivity index is 1.59. The molecule has 0 bridgehead atoms. The third-order valence-corrected chi connectivity index (χ3v) is 6.64. The number of benzene rings is 3. The fourth-order valence-electron chi connectivity index (χ4n) is 4.53. The monoisotopic (exact) mass is 505 g/mol. The van der Waals surface area contributed by atoms with E-state index in [2.05, 4.69) is 37.4 Å². The first-order chi connectivity index (χ1) is 17.5. The van der Waals surface area contributed by atoms with Gasteiger partial charge in [-0.1, -0.05) is 48.5 Å². The summed E-state index contributed by atoms with van der Waals surface area (Å²) in [5, 5.41) is 23.4. The van der Waals surface area contributed by atoms with E-state index in [9.17, 15) is 15.0 Å². The zero-order valence-electron chi connectivity index (χ0n) is 22.7. The Kier molecular flexibility index (Phi) is 9.49. The Morgan fingerprint density at radius 2 is 1.76 bits per heavy atom. The molecule has 3 rings (SSSR count). The van der Waals surface area contributed by atoms with Crippen molar-refractivity contribution in [2.45, 2.75) is 58.8 Å². The van der Waals surface area contributed by atoms with Crippen molar-refractivity contribution in [2.24, 2.45) is 0 Å². The second kappa shape index (κ2) is 12.4. The molecule has 6 heteroatoms. The van der Waals surface area contributed by atoms with Crippen molar-refractivity contribution in [3.05, 3.63) is 88.5 Å². The standard InChI is InChI=1S/C31H39NO5/c1-20-11-12-23(16-29(20)36-6)17-31(4,5)32-18-25(33)19-37-22(3)27-9-7-8-10-28(27)24-13-14-26(30(34)35)21(2)15-24/h7-16,22,25,32-33H,17-19H2,1-6H3,(H,34,35). The number of carboxylic acid groups (broad SMARTS) is 1. The summed E-state index contributed by atoms with van der Waals surface area (Å²) < 4.78 is 11.5. The molecule has 0 aliphatic rings. The van der Waals surface area contributed by atoms with Crippen molar-refractivity contribution < 1.29 is 24.5 Å². The van der Waals surface area contributed by atoms with Crippen LogP contribution in [0.4, 0.5) is 0 Å². The number of aryl methyl sites for hydroxylation is 2. The zero-order chi connectivity index (χ0) is 27.2. The van der Waals surface area contributed by atoms with Gasteiger partial charge in [-0.05, 0) is 86.6 Å². The second-order valence-electron chi connectivity index (χ2n) is 10.3. The van der Waals surface area contributed by atoms with Gasteiger partial charge >= 0.3 is 5.97 Å². The number of carboxylic acids is 1. The SMILES string of the molecule is COc1cc(CC(C)(C)NCC(O)COC(C)c2ccccc2-c2ccc(C(=O)O)c(C)c2)ccc1C. The van der Waals surface area contributed by atoms with Gasteiger partial charge in [-0.3, -0.25) is 0 Å². The lowest BCUT2D eigenvalue weighted by atomic mass is 9.94. The molecule has 0 amide bonds. The number of rotatable bonds is 12. The molecule has 3 N–H and O–H groups in total. The highest BCUT2D eigenvalue weighted by Gasteiger charge is 2.21. The third kappa shape index (κ3) is 7.65. The maximum Gasteiger partial charge on any atom is 0.335 e. The van der Waals surface area contributed by atoms with Gasteiger partial charge in [0.15, 0.2) is 0 Å². The predicted octanol–water partition coefficient (Wildman–Crippen LogP) is 5.73. The molecule has 37 heavy (non-hydrogen) atoms. The van der Waals surface area contributed by atoms with Crippen molar-refractivity contribution >= 4 is 5.97 Å². The van der Waals surface area contributed by atoms with E-state index in [-0.39, 0.29) is 18.2 Å². The molecule has 198 valence electrons. The zero-order valence-corrected chi connectivity index (χ0v) is 22.7. The molecular formula is C31H39NO5. The summed E-state index contributed by atoms with van der Waals surface area (Å²) in [6.07, 6.45) is -0.127. The minimum absolute atomic E-state index is 0.188. The van der Waals surface area contributed by atoms with Crippen LogP contribution >= 0.6 is 0 Å². The third-order valence-electron chi connectivity index (χ3n) is 6.64. The first kappa shape index (κ1) is 28.4. The molecular weight excluding hydrogens is 466 g/mol.